The maximum atomic E-state index is 14.1. The fourth-order valence-electron chi connectivity index (χ4n) is 5.39. The minimum Gasteiger partial charge on any atom is -0.497 e. The van der Waals surface area contributed by atoms with Crippen molar-refractivity contribution in [3.63, 3.8) is 0 Å². The summed E-state index contributed by atoms with van der Waals surface area (Å²) in [6.07, 6.45) is 3.96. The van der Waals surface area contributed by atoms with Gasteiger partial charge in [-0.05, 0) is 41.8 Å². The van der Waals surface area contributed by atoms with Crippen LogP contribution in [0.1, 0.15) is 45.9 Å². The summed E-state index contributed by atoms with van der Waals surface area (Å²) in [4.78, 5) is 29.5. The molecule has 3 aromatic rings. The third-order valence-electron chi connectivity index (χ3n) is 6.84. The van der Waals surface area contributed by atoms with Gasteiger partial charge in [0.1, 0.15) is 11.8 Å². The predicted octanol–water partition coefficient (Wildman–Crippen LogP) is 5.25. The molecule has 4 unspecified atom stereocenters. The van der Waals surface area contributed by atoms with E-state index >= 15 is 0 Å². The Morgan fingerprint density at radius 1 is 0.912 bits per heavy atom. The van der Waals surface area contributed by atoms with Crippen molar-refractivity contribution in [1.29, 1.82) is 0 Å². The van der Waals surface area contributed by atoms with Crippen LogP contribution in [0.2, 0.25) is 0 Å². The first kappa shape index (κ1) is 22.0. The van der Waals surface area contributed by atoms with Gasteiger partial charge in [0.25, 0.3) is 0 Å². The van der Waals surface area contributed by atoms with Gasteiger partial charge in [-0.1, -0.05) is 66.7 Å². The van der Waals surface area contributed by atoms with Crippen molar-refractivity contribution < 1.29 is 19.1 Å². The van der Waals surface area contributed by atoms with Crippen molar-refractivity contribution in [3.8, 4) is 5.75 Å². The summed E-state index contributed by atoms with van der Waals surface area (Å²) in [5.74, 6) is -0.438. The molecule has 172 valence electrons. The Bertz CT molecular complexity index is 1220. The molecule has 0 spiro atoms. The van der Waals surface area contributed by atoms with E-state index in [9.17, 15) is 9.59 Å². The number of carbonyl (C=O) groups excluding carboxylic acids is 2. The van der Waals surface area contributed by atoms with E-state index in [0.717, 1.165) is 22.4 Å². The van der Waals surface area contributed by atoms with Gasteiger partial charge in [0.05, 0.1) is 25.7 Å². The van der Waals surface area contributed by atoms with E-state index in [4.69, 9.17) is 9.47 Å². The highest BCUT2D eigenvalue weighted by molar-refractivity contribution is 6.00. The summed E-state index contributed by atoms with van der Waals surface area (Å²) in [5.41, 5.74) is 3.66. The fraction of sp³-hybridized carbons (Fsp3) is 0.241. The smallest absolute Gasteiger partial charge is 0.329 e. The van der Waals surface area contributed by atoms with Gasteiger partial charge in [-0.25, -0.2) is 4.79 Å². The predicted molar refractivity (Wildman–Crippen MR) is 130 cm³/mol. The molecule has 5 nitrogen and oxygen atoms in total. The molecule has 0 amide bonds. The summed E-state index contributed by atoms with van der Waals surface area (Å²) < 4.78 is 10.9. The van der Waals surface area contributed by atoms with Gasteiger partial charge in [-0.2, -0.15) is 0 Å². The number of hydrogen-bond donors (Lipinski definition) is 0. The summed E-state index contributed by atoms with van der Waals surface area (Å²) in [5, 5.41) is 0. The first-order chi connectivity index (χ1) is 16.6. The number of ether oxygens (including phenoxy) is 2. The van der Waals surface area contributed by atoms with Gasteiger partial charge in [0.15, 0.2) is 5.78 Å². The summed E-state index contributed by atoms with van der Waals surface area (Å²) >= 11 is 0. The first-order valence-electron chi connectivity index (χ1n) is 11.6. The van der Waals surface area contributed by atoms with Gasteiger partial charge in [0.2, 0.25) is 0 Å². The van der Waals surface area contributed by atoms with E-state index in [2.05, 4.69) is 6.07 Å². The van der Waals surface area contributed by atoms with Gasteiger partial charge >= 0.3 is 5.97 Å². The quantitative estimate of drug-likeness (QED) is 0.377. The van der Waals surface area contributed by atoms with Crippen molar-refractivity contribution >= 4 is 17.8 Å². The van der Waals surface area contributed by atoms with Crippen LogP contribution in [0.4, 0.5) is 0 Å². The molecule has 34 heavy (non-hydrogen) atoms. The number of benzene rings is 3. The Labute approximate surface area is 199 Å². The monoisotopic (exact) mass is 453 g/mol. The van der Waals surface area contributed by atoms with Gasteiger partial charge < -0.3 is 14.4 Å². The zero-order chi connectivity index (χ0) is 23.7. The molecule has 2 heterocycles. The molecule has 5 heteroatoms. The van der Waals surface area contributed by atoms with Crippen molar-refractivity contribution in [2.45, 2.75) is 24.9 Å². The average Bonchev–Trinajstić information content (AvgIpc) is 3.24. The lowest BCUT2D eigenvalue weighted by Crippen LogP contribution is -2.38. The number of esters is 1. The van der Waals surface area contributed by atoms with Gasteiger partial charge in [-0.15, -0.1) is 0 Å². The molecular formula is C29H27NO4. The Morgan fingerprint density at radius 3 is 2.32 bits per heavy atom. The maximum absolute atomic E-state index is 14.1. The second kappa shape index (κ2) is 9.18. The largest absolute Gasteiger partial charge is 0.497 e. The molecule has 0 aliphatic carbocycles. The molecule has 5 rings (SSSR count). The zero-order valence-electron chi connectivity index (χ0n) is 19.3. The lowest BCUT2D eigenvalue weighted by atomic mass is 9.75. The van der Waals surface area contributed by atoms with Gasteiger partial charge in [-0.3, -0.25) is 4.79 Å². The van der Waals surface area contributed by atoms with E-state index in [1.165, 1.54) is 0 Å². The highest BCUT2D eigenvalue weighted by atomic mass is 16.5. The second-order valence-corrected chi connectivity index (χ2v) is 8.59. The van der Waals surface area contributed by atoms with Crippen LogP contribution in [0.5, 0.6) is 5.75 Å². The summed E-state index contributed by atoms with van der Waals surface area (Å²) in [7, 11) is 1.62. The molecule has 4 atom stereocenters. The van der Waals surface area contributed by atoms with Crippen LogP contribution >= 0.6 is 0 Å². The van der Waals surface area contributed by atoms with Crippen LogP contribution in [0.15, 0.2) is 85.1 Å². The Morgan fingerprint density at radius 2 is 1.62 bits per heavy atom. The molecule has 0 aromatic heterocycles. The van der Waals surface area contributed by atoms with Crippen molar-refractivity contribution in [2.75, 3.05) is 13.7 Å². The molecule has 2 aliphatic heterocycles. The molecule has 1 saturated heterocycles. The summed E-state index contributed by atoms with van der Waals surface area (Å²) in [6.45, 7) is 2.08. The number of hydrogen-bond acceptors (Lipinski definition) is 5. The van der Waals surface area contributed by atoms with Crippen LogP contribution in [0, 0.1) is 5.92 Å². The number of carbonyl (C=O) groups is 2. The number of rotatable bonds is 6. The molecular weight excluding hydrogens is 426 g/mol. The number of nitrogens with zero attached hydrogens (tertiary/aromatic N) is 1. The van der Waals surface area contributed by atoms with Crippen molar-refractivity contribution in [1.82, 2.24) is 4.90 Å². The van der Waals surface area contributed by atoms with E-state index in [-0.39, 0.29) is 24.4 Å². The van der Waals surface area contributed by atoms with Crippen molar-refractivity contribution in [3.05, 3.63) is 107 Å². The molecule has 0 N–H and O–H groups in total. The molecule has 0 saturated carbocycles. The Balaban J connectivity index is 1.71. The molecule has 1 fully saturated rings. The normalized spacial score (nSPS) is 22.6. The van der Waals surface area contributed by atoms with Gasteiger partial charge in [0, 0.05) is 17.7 Å². The third kappa shape index (κ3) is 3.67. The van der Waals surface area contributed by atoms with Crippen LogP contribution in [0.3, 0.4) is 0 Å². The standard InChI is InChI=1S/C29H27NO4/c1-3-34-29(32)27-24(20-13-15-22(33-2)16-14-20)25(28(31)21-10-5-4-6-11-21)26-23-12-8-7-9-19(23)17-18-30(26)27/h4-18,24-27H,3H2,1-2H3. The topological polar surface area (TPSA) is 55.8 Å². The highest BCUT2D eigenvalue weighted by Gasteiger charge is 2.56. The minimum absolute atomic E-state index is 0.0216. The van der Waals surface area contributed by atoms with Crippen LogP contribution in [-0.2, 0) is 9.53 Å². The fourth-order valence-corrected chi connectivity index (χ4v) is 5.39. The van der Waals surface area contributed by atoms with E-state index < -0.39 is 17.9 Å². The third-order valence-corrected chi connectivity index (χ3v) is 6.84. The minimum atomic E-state index is -0.624. The van der Waals surface area contributed by atoms with E-state index in [1.807, 2.05) is 90.0 Å². The number of ketones is 1. The van der Waals surface area contributed by atoms with Crippen molar-refractivity contribution in [2.24, 2.45) is 5.92 Å². The Kier molecular flexibility index (Phi) is 5.93. The van der Waals surface area contributed by atoms with Crippen LogP contribution in [0.25, 0.3) is 6.08 Å². The number of Topliss-reactive ketones (excluding diaryl/α,β-unsaturated/α-hetero) is 1. The average molecular weight is 454 g/mol. The number of fused-ring (bicyclic) bond motifs is 3. The molecule has 0 radical (unpaired) electrons. The lowest BCUT2D eigenvalue weighted by molar-refractivity contribution is -0.148. The highest BCUT2D eigenvalue weighted by Crippen LogP contribution is 2.53. The molecule has 2 aliphatic rings. The second-order valence-electron chi connectivity index (χ2n) is 8.59. The van der Waals surface area contributed by atoms with E-state index in [0.29, 0.717) is 5.56 Å². The Hall–Kier alpha value is -3.86. The zero-order valence-corrected chi connectivity index (χ0v) is 19.3. The maximum Gasteiger partial charge on any atom is 0.329 e. The SMILES string of the molecule is CCOC(=O)C1C(c2ccc(OC)cc2)C(C(=O)c2ccccc2)C2c3ccccc3C=CN12. The molecule has 3 aromatic carbocycles. The van der Waals surface area contributed by atoms with Crippen LogP contribution in [-0.4, -0.2) is 36.4 Å². The molecule has 0 bridgehead atoms. The summed E-state index contributed by atoms with van der Waals surface area (Å²) in [6, 6.07) is 24.2. The first-order valence-corrected chi connectivity index (χ1v) is 11.6. The van der Waals surface area contributed by atoms with E-state index in [1.54, 1.807) is 14.0 Å². The van der Waals surface area contributed by atoms with Crippen LogP contribution < -0.4 is 4.74 Å². The lowest BCUT2D eigenvalue weighted by Gasteiger charge is -2.33. The number of methoxy groups -OCH3 is 1.